The van der Waals surface area contributed by atoms with Crippen LogP contribution in [0.2, 0.25) is 0 Å². The van der Waals surface area contributed by atoms with Gasteiger partial charge in [0.25, 0.3) is 0 Å². The van der Waals surface area contributed by atoms with Crippen molar-refractivity contribution in [2.75, 3.05) is 101 Å². The van der Waals surface area contributed by atoms with E-state index in [1.54, 1.807) is 39.7 Å². The smallest absolute Gasteiger partial charge is 0.138 e. The van der Waals surface area contributed by atoms with Crippen molar-refractivity contribution in [2.45, 2.75) is 372 Å². The fourth-order valence-electron chi connectivity index (χ4n) is 5.01. The lowest BCUT2D eigenvalue weighted by atomic mass is 10.2. The molecule has 17 nitrogen and oxygen atoms in total. The van der Waals surface area contributed by atoms with Crippen LogP contribution in [0.15, 0.2) is 48.9 Å². The van der Waals surface area contributed by atoms with Gasteiger partial charge in [0.2, 0.25) is 0 Å². The third-order valence-electron chi connectivity index (χ3n) is 9.64. The highest BCUT2D eigenvalue weighted by atomic mass is 16.5. The van der Waals surface area contributed by atoms with Crippen LogP contribution in [0.4, 0.5) is 0 Å². The third-order valence-corrected chi connectivity index (χ3v) is 9.64. The minimum atomic E-state index is -0.357. The van der Waals surface area contributed by atoms with Gasteiger partial charge in [-0.15, -0.1) is 0 Å². The van der Waals surface area contributed by atoms with Crippen molar-refractivity contribution >= 4 is 0 Å². The predicted molar refractivity (Wildman–Crippen MR) is 432 cm³/mol. The molecular formula is C83H177N3O14. The molecule has 2 aromatic heterocycles. The second-order valence-corrected chi connectivity index (χ2v) is 35.6. The highest BCUT2D eigenvalue weighted by molar-refractivity contribution is 5.16. The Bertz CT molecular complexity index is 1860. The number of aliphatic hydroxyl groups excluding tert-OH is 2. The molecule has 0 fully saturated rings. The van der Waals surface area contributed by atoms with Crippen molar-refractivity contribution in [3.63, 3.8) is 0 Å². The molecule has 0 aromatic carbocycles. The number of pyridine rings is 2. The van der Waals surface area contributed by atoms with Gasteiger partial charge in [0, 0.05) is 59.6 Å². The van der Waals surface area contributed by atoms with Crippen molar-refractivity contribution in [3.8, 4) is 5.75 Å². The van der Waals surface area contributed by atoms with Crippen LogP contribution in [0.1, 0.15) is 303 Å². The molecule has 0 saturated heterocycles. The zero-order valence-corrected chi connectivity index (χ0v) is 73.9. The summed E-state index contributed by atoms with van der Waals surface area (Å²) in [5.74, 6) is 2.11. The van der Waals surface area contributed by atoms with E-state index in [1.165, 1.54) is 12.8 Å². The Morgan fingerprint density at radius 3 is 1.02 bits per heavy atom. The minimum Gasteiger partial charge on any atom is -0.487 e. The molecule has 0 bridgehead atoms. The average Bonchev–Trinajstić information content (AvgIpc) is 0.929. The number of aromatic nitrogens is 2. The highest BCUT2D eigenvalue weighted by Crippen LogP contribution is 2.16. The molecule has 2 N–H and O–H groups in total. The van der Waals surface area contributed by atoms with Crippen LogP contribution in [-0.4, -0.2) is 194 Å². The number of methoxy groups -OCH3 is 2. The molecule has 0 aliphatic carbocycles. The van der Waals surface area contributed by atoms with Crippen LogP contribution in [0.3, 0.4) is 0 Å². The predicted octanol–water partition coefficient (Wildman–Crippen LogP) is 20.8. The van der Waals surface area contributed by atoms with E-state index in [1.807, 2.05) is 176 Å². The molecule has 1 atom stereocenters. The number of ether oxygens (including phenoxy) is 12. The van der Waals surface area contributed by atoms with E-state index < -0.39 is 0 Å². The maximum atomic E-state index is 8.79. The van der Waals surface area contributed by atoms with E-state index in [-0.39, 0.29) is 81.7 Å². The third kappa shape index (κ3) is 158. The van der Waals surface area contributed by atoms with Gasteiger partial charge < -0.3 is 72.0 Å². The number of aliphatic hydroxyl groups is 2. The van der Waals surface area contributed by atoms with Crippen LogP contribution in [-0.2, 0) is 58.7 Å². The van der Waals surface area contributed by atoms with Gasteiger partial charge in [-0.05, 0) is 299 Å². The van der Waals surface area contributed by atoms with Crippen molar-refractivity contribution in [2.24, 2.45) is 11.8 Å². The first kappa shape index (κ1) is 119. The maximum Gasteiger partial charge on any atom is 0.138 e. The molecule has 0 radical (unpaired) electrons. The molecule has 0 spiro atoms. The van der Waals surface area contributed by atoms with Crippen LogP contribution in [0, 0.1) is 11.8 Å². The summed E-state index contributed by atoms with van der Waals surface area (Å²) in [5, 5.41) is 17.1. The Hall–Kier alpha value is -2.46. The lowest BCUT2D eigenvalue weighted by Gasteiger charge is -2.20. The number of nitrogens with zero attached hydrogens (tertiary/aromatic N) is 3. The van der Waals surface area contributed by atoms with Crippen LogP contribution < -0.4 is 4.74 Å². The van der Waals surface area contributed by atoms with Gasteiger partial charge in [-0.3, -0.25) is 9.97 Å². The molecule has 2 aromatic rings. The molecule has 0 saturated carbocycles. The van der Waals surface area contributed by atoms with Gasteiger partial charge in [0.1, 0.15) is 11.4 Å². The van der Waals surface area contributed by atoms with Crippen molar-refractivity contribution in [1.29, 1.82) is 0 Å². The van der Waals surface area contributed by atoms with E-state index in [0.717, 1.165) is 51.0 Å². The first-order valence-electron chi connectivity index (χ1n) is 36.3. The van der Waals surface area contributed by atoms with E-state index in [9.17, 15) is 0 Å². The number of hydrogen-bond donors (Lipinski definition) is 2. The molecule has 608 valence electrons. The largest absolute Gasteiger partial charge is 0.487 e. The molecule has 2 rings (SSSR count). The molecule has 0 amide bonds. The summed E-state index contributed by atoms with van der Waals surface area (Å²) in [4.78, 5) is 10.2. The topological polar surface area (TPSA) is 180 Å². The maximum absolute atomic E-state index is 8.79. The van der Waals surface area contributed by atoms with Gasteiger partial charge >= 0.3 is 0 Å². The molecular weight excluding hydrogens is 1260 g/mol. The number of hydrogen-bond acceptors (Lipinski definition) is 17. The summed E-state index contributed by atoms with van der Waals surface area (Å²) in [7, 11) is 7.48. The zero-order valence-electron chi connectivity index (χ0n) is 73.9. The second-order valence-electron chi connectivity index (χ2n) is 35.6. The quantitative estimate of drug-likeness (QED) is 0.113. The van der Waals surface area contributed by atoms with E-state index in [0.29, 0.717) is 44.9 Å². The summed E-state index contributed by atoms with van der Waals surface area (Å²) >= 11 is 0. The van der Waals surface area contributed by atoms with E-state index >= 15 is 0 Å². The first-order chi connectivity index (χ1) is 44.1. The summed E-state index contributed by atoms with van der Waals surface area (Å²) in [6, 6.07) is 9.60. The normalized spacial score (nSPS) is 12.2. The first-order valence-corrected chi connectivity index (χ1v) is 36.3. The average molecular weight is 1440 g/mol. The Balaban J connectivity index is -0.000000112. The molecule has 0 aliphatic rings. The number of rotatable bonds is 21. The molecule has 0 unspecified atom stereocenters. The fourth-order valence-corrected chi connectivity index (χ4v) is 5.01. The van der Waals surface area contributed by atoms with Gasteiger partial charge in [0.05, 0.1) is 120 Å². The van der Waals surface area contributed by atoms with Gasteiger partial charge in [-0.2, -0.15) is 0 Å². The Labute approximate surface area is 623 Å². The fraction of sp³-hybridized carbons (Fsp3) is 0.880. The zero-order chi connectivity index (χ0) is 80.4. The molecule has 17 heteroatoms. The summed E-state index contributed by atoms with van der Waals surface area (Å²) < 4.78 is 63.7. The van der Waals surface area contributed by atoms with Crippen LogP contribution >= 0.6 is 0 Å². The number of unbranched alkanes of at least 4 members (excludes halogenated alkanes) is 1. The standard InChI is InChI=1S/C10H15NO.C9H13NO.C8H19NO.3C8H18O.2C7H16O2.C6H14O2.C6H14O.C5H12O.CH4/c1-10(2,3)12-8-9-6-4-5-7-11-9;1-9(2,3)11-8-5-4-6-10-7-8;1-8(2,3)10-7-6-9(4)5;2*1-7(2)6-9-8(3,4)5;1-5-6-7-9-8(2,3)4;1-7(2,3)9-6-5-8-4;1-6(8)5-9-7(2,3)4;1-6(2,3)8-5-4-7;1-5-7-6(2,3)4;1-5(2,3)6-4;/h4-7H,8H2,1-3H3;4-7H,1-3H3;6-7H2,1-5H3;2*7H,6H2,1-5H3;5-7H2,1-4H3;5-6H2,1-4H3;6,8H,5H2,1-4H3;7H,4-5H2,1-3H3;5H2,1-4H3;1-4H3;1H4/t;;;;;;;6-;;;;/m.......1..../s1. The SMILES string of the molecule is C.CC(C)(C)OCCO.CC(C)(C)OCc1ccccn1.CC(C)(C)Oc1cccnc1.CC(C)COC(C)(C)C.CC(C)COC(C)(C)C.CCCCOC(C)(C)C.CCOC(C)(C)C.CN(C)CCOC(C)(C)C.COC(C)(C)C.COCCOC(C)(C)C.C[C@@H](O)COC(C)(C)C. The Morgan fingerprint density at radius 1 is 0.420 bits per heavy atom. The van der Waals surface area contributed by atoms with Gasteiger partial charge in [-0.1, -0.05) is 54.5 Å². The monoisotopic (exact) mass is 1440 g/mol. The summed E-state index contributed by atoms with van der Waals surface area (Å²) in [6.07, 6.45) is 7.26. The summed E-state index contributed by atoms with van der Waals surface area (Å²) in [5.41, 5.74) is 0.709. The summed E-state index contributed by atoms with van der Waals surface area (Å²) in [6.45, 7) is 89.9. The lowest BCUT2D eigenvalue weighted by Crippen LogP contribution is -2.25. The lowest BCUT2D eigenvalue weighted by molar-refractivity contribution is -0.0436. The van der Waals surface area contributed by atoms with E-state index in [4.69, 9.17) is 67.1 Å². The van der Waals surface area contributed by atoms with E-state index in [2.05, 4.69) is 153 Å². The molecule has 100 heavy (non-hydrogen) atoms. The van der Waals surface area contributed by atoms with Crippen molar-refractivity contribution in [3.05, 3.63) is 54.6 Å². The van der Waals surface area contributed by atoms with Crippen molar-refractivity contribution < 1.29 is 67.1 Å². The highest BCUT2D eigenvalue weighted by Gasteiger charge is 2.16. The van der Waals surface area contributed by atoms with Crippen molar-refractivity contribution in [1.82, 2.24) is 14.9 Å². The van der Waals surface area contributed by atoms with Gasteiger partial charge in [-0.25, -0.2) is 0 Å². The molecule has 0 aliphatic heterocycles. The van der Waals surface area contributed by atoms with Gasteiger partial charge in [0.15, 0.2) is 0 Å². The molecule has 2 heterocycles. The number of likely N-dealkylation sites (N-methyl/N-ethyl adjacent to an activating group) is 1. The Morgan fingerprint density at radius 2 is 0.790 bits per heavy atom. The second kappa shape index (κ2) is 63.8. The minimum absolute atomic E-state index is 0. The van der Waals surface area contributed by atoms with Crippen LogP contribution in [0.25, 0.3) is 0 Å². The Kier molecular flexibility index (Phi) is 75.7. The van der Waals surface area contributed by atoms with Crippen LogP contribution in [0.5, 0.6) is 5.75 Å².